The van der Waals surface area contributed by atoms with Gasteiger partial charge in [0.15, 0.2) is 0 Å². The zero-order chi connectivity index (χ0) is 48.2. The molecular formula is C51H81NO13. The molecule has 4 rings (SSSR count). The highest BCUT2D eigenvalue weighted by Gasteiger charge is 2.53. The van der Waals surface area contributed by atoms with Crippen LogP contribution in [0.3, 0.4) is 0 Å². The number of Topliss-reactive ketones (excluding diaryl/α,β-unsaturated/α-hetero) is 2. The number of piperidine rings is 1. The molecule has 1 amide bonds. The van der Waals surface area contributed by atoms with Crippen LogP contribution in [-0.2, 0) is 42.9 Å². The second-order valence-electron chi connectivity index (χ2n) is 19.8. The summed E-state index contributed by atoms with van der Waals surface area (Å²) in [5.41, 5.74) is 1.34. The maximum Gasteiger partial charge on any atom is 0.329 e. The van der Waals surface area contributed by atoms with Gasteiger partial charge in [-0.3, -0.25) is 14.4 Å². The molecule has 1 aliphatic carbocycles. The van der Waals surface area contributed by atoms with Crippen LogP contribution < -0.4 is 0 Å². The molecule has 3 fully saturated rings. The van der Waals surface area contributed by atoms with Crippen LogP contribution in [0.2, 0.25) is 0 Å². The molecule has 16 atom stereocenters. The van der Waals surface area contributed by atoms with Crippen LogP contribution >= 0.6 is 0 Å². The minimum atomic E-state index is -2.42. The maximum atomic E-state index is 14.4. The fourth-order valence-corrected chi connectivity index (χ4v) is 10.3. The van der Waals surface area contributed by atoms with Crippen molar-refractivity contribution in [1.82, 2.24) is 4.90 Å². The van der Waals surface area contributed by atoms with E-state index in [0.29, 0.717) is 63.4 Å². The van der Waals surface area contributed by atoms with Crippen LogP contribution in [0, 0.1) is 35.5 Å². The van der Waals surface area contributed by atoms with E-state index < -0.39 is 84.1 Å². The summed E-state index contributed by atoms with van der Waals surface area (Å²) in [4.78, 5) is 58.1. The molecule has 0 aromatic carbocycles. The predicted molar refractivity (Wildman–Crippen MR) is 246 cm³/mol. The molecule has 0 spiro atoms. The van der Waals surface area contributed by atoms with Gasteiger partial charge in [-0.25, -0.2) is 4.79 Å². The van der Waals surface area contributed by atoms with Gasteiger partial charge in [0.05, 0.1) is 30.5 Å². The lowest BCUT2D eigenvalue weighted by Crippen LogP contribution is -2.61. The van der Waals surface area contributed by atoms with Crippen LogP contribution in [0.15, 0.2) is 47.6 Å². The largest absolute Gasteiger partial charge is 0.460 e. The minimum Gasteiger partial charge on any atom is -0.460 e. The van der Waals surface area contributed by atoms with Gasteiger partial charge in [0.1, 0.15) is 30.1 Å². The number of ether oxygens (including phenoxy) is 5. The Bertz CT molecular complexity index is 1710. The molecule has 1 saturated carbocycles. The lowest BCUT2D eigenvalue weighted by Gasteiger charge is -2.42. The van der Waals surface area contributed by atoms with Crippen LogP contribution in [0.25, 0.3) is 0 Å². The molecule has 1 unspecified atom stereocenters. The van der Waals surface area contributed by atoms with Gasteiger partial charge in [-0.15, -0.1) is 0 Å². The molecule has 4 N–H and O–H groups in total. The van der Waals surface area contributed by atoms with Gasteiger partial charge in [0.25, 0.3) is 11.7 Å². The number of nitrogens with zero attached hydrogens (tertiary/aromatic N) is 1. The fourth-order valence-electron chi connectivity index (χ4n) is 10.3. The van der Waals surface area contributed by atoms with Crippen molar-refractivity contribution in [3.8, 4) is 0 Å². The molecule has 2 saturated heterocycles. The quantitative estimate of drug-likeness (QED) is 0.138. The summed E-state index contributed by atoms with van der Waals surface area (Å²) in [7, 11) is 4.59. The van der Waals surface area contributed by atoms with E-state index in [-0.39, 0.29) is 54.9 Å². The van der Waals surface area contributed by atoms with E-state index in [9.17, 15) is 39.6 Å². The normalized spacial score (nSPS) is 40.2. The number of carbonyl (C=O) groups excluding carboxylic acids is 4. The third-order valence-corrected chi connectivity index (χ3v) is 14.7. The van der Waals surface area contributed by atoms with Gasteiger partial charge >= 0.3 is 5.97 Å². The molecule has 0 aromatic rings. The number of hydrogen-bond donors (Lipinski definition) is 4. The smallest absolute Gasteiger partial charge is 0.329 e. The third kappa shape index (κ3) is 14.5. The van der Waals surface area contributed by atoms with Crippen LogP contribution in [0.5, 0.6) is 0 Å². The number of esters is 1. The van der Waals surface area contributed by atoms with Crippen LogP contribution in [0.4, 0.5) is 0 Å². The van der Waals surface area contributed by atoms with Crippen molar-refractivity contribution < 1.29 is 63.3 Å². The highest BCUT2D eigenvalue weighted by molar-refractivity contribution is 6.39. The zero-order valence-electron chi connectivity index (χ0n) is 40.7. The van der Waals surface area contributed by atoms with Crippen LogP contribution in [0.1, 0.15) is 126 Å². The molecule has 4 aliphatic rings. The Balaban J connectivity index is 1.70. The fraction of sp³-hybridized carbons (Fsp3) is 0.765. The monoisotopic (exact) mass is 916 g/mol. The van der Waals surface area contributed by atoms with Gasteiger partial charge in [0.2, 0.25) is 5.79 Å². The first kappa shape index (κ1) is 54.5. The third-order valence-electron chi connectivity index (χ3n) is 14.7. The van der Waals surface area contributed by atoms with Gasteiger partial charge in [0, 0.05) is 52.6 Å². The van der Waals surface area contributed by atoms with Gasteiger partial charge in [-0.1, -0.05) is 71.1 Å². The van der Waals surface area contributed by atoms with E-state index in [1.165, 1.54) is 12.0 Å². The van der Waals surface area contributed by atoms with Crippen molar-refractivity contribution in [2.45, 2.75) is 186 Å². The molecule has 3 aliphatic heterocycles. The lowest BCUT2D eigenvalue weighted by atomic mass is 9.78. The highest BCUT2D eigenvalue weighted by atomic mass is 16.6. The Kier molecular flexibility index (Phi) is 21.3. The lowest BCUT2D eigenvalue weighted by molar-refractivity contribution is -0.265. The Morgan fingerprint density at radius 2 is 1.57 bits per heavy atom. The molecule has 3 heterocycles. The van der Waals surface area contributed by atoms with Gasteiger partial charge in [-0.05, 0) is 113 Å². The van der Waals surface area contributed by atoms with E-state index in [2.05, 4.69) is 0 Å². The number of carbonyl (C=O) groups is 4. The van der Waals surface area contributed by atoms with E-state index in [1.54, 1.807) is 41.1 Å². The maximum absolute atomic E-state index is 14.4. The first-order chi connectivity index (χ1) is 30.7. The summed E-state index contributed by atoms with van der Waals surface area (Å²) < 4.78 is 29.5. The predicted octanol–water partition coefficient (Wildman–Crippen LogP) is 5.97. The number of aliphatic hydroxyl groups excluding tert-OH is 3. The molecule has 65 heavy (non-hydrogen) atoms. The number of hydrogen-bond acceptors (Lipinski definition) is 13. The summed E-state index contributed by atoms with van der Waals surface area (Å²) in [5, 5.41) is 45.3. The number of amides is 1. The molecule has 2 bridgehead atoms. The molecule has 0 aromatic heterocycles. The first-order valence-corrected chi connectivity index (χ1v) is 24.1. The number of aliphatic hydroxyl groups is 4. The molecule has 14 heteroatoms. The van der Waals surface area contributed by atoms with Crippen molar-refractivity contribution in [2.75, 3.05) is 27.9 Å². The Morgan fingerprint density at radius 1 is 0.846 bits per heavy atom. The summed E-state index contributed by atoms with van der Waals surface area (Å²) in [5.74, 6) is -7.35. The number of ketones is 2. The van der Waals surface area contributed by atoms with Crippen molar-refractivity contribution in [2.24, 2.45) is 35.5 Å². The van der Waals surface area contributed by atoms with Gasteiger partial charge < -0.3 is 49.0 Å². The molecule has 0 radical (unpaired) electrons. The Labute approximate surface area is 387 Å². The highest BCUT2D eigenvalue weighted by Crippen LogP contribution is 2.38. The van der Waals surface area contributed by atoms with Crippen molar-refractivity contribution in [3.63, 3.8) is 0 Å². The SMILES string of the molecule is CO[C@H]1C[C@@H]2CC[C@@H](C)[C@@](O)(O2)C(=O)C(=O)N2CCCC[C@H]2C(=O)O[C@H]([C@H](C)C[C@@H]2CC[C@@H](O)[C@H](OC)C2)CC(=O)[C@H](C)/C=C(\C)[C@@H](O)[C@@H](OC)C(O)[C@H](C)C[C@H](C)/C=C/C=CC=C1C. The number of allylic oxidation sites excluding steroid dienone is 6. The Morgan fingerprint density at radius 3 is 2.25 bits per heavy atom. The number of methoxy groups -OCH3 is 3. The summed E-state index contributed by atoms with van der Waals surface area (Å²) >= 11 is 0. The van der Waals surface area contributed by atoms with Crippen molar-refractivity contribution in [1.29, 1.82) is 0 Å². The van der Waals surface area contributed by atoms with Gasteiger partial charge in [-0.2, -0.15) is 0 Å². The first-order valence-electron chi connectivity index (χ1n) is 24.1. The van der Waals surface area contributed by atoms with Crippen molar-refractivity contribution >= 4 is 23.4 Å². The van der Waals surface area contributed by atoms with Crippen molar-refractivity contribution in [3.05, 3.63) is 47.6 Å². The van der Waals surface area contributed by atoms with E-state index in [1.807, 2.05) is 58.1 Å². The second kappa shape index (κ2) is 25.3. The average molecular weight is 916 g/mol. The van der Waals surface area contributed by atoms with Crippen LogP contribution in [-0.4, -0.2) is 137 Å². The number of rotatable bonds is 6. The van der Waals surface area contributed by atoms with E-state index >= 15 is 0 Å². The standard InChI is InChI=1S/C51H81NO13/c1-30-16-12-11-13-17-31(2)42(61-8)28-38-21-19-36(7)51(60,65-38)48(57)49(58)52-23-15-14-18-39(52)50(59)64-43(33(4)26-37-20-22-40(53)44(27-37)62-9)29-41(54)32(3)25-35(6)46(56)47(63-10)45(55)34(5)24-30/h11-13,16-17,25,30,32-34,36-40,42-47,53,55-56,60H,14-15,18-24,26-29H2,1-10H3/b13-11?,16-12+,31-17?,35-25+/t30-,32-,33-,34-,36-,37+,38+,39+,40-,42+,43+,44-,45?,46-,47+,51-/m1/s1. The summed E-state index contributed by atoms with van der Waals surface area (Å²) in [6.45, 7) is 13.0. The minimum absolute atomic E-state index is 0.0801. The Hall–Kier alpha value is -3.08. The number of fused-ring (bicyclic) bond motifs is 3. The molecule has 368 valence electrons. The number of cyclic esters (lactones) is 1. The molecule has 14 nitrogen and oxygen atoms in total. The van der Waals surface area contributed by atoms with E-state index in [4.69, 9.17) is 23.7 Å². The second-order valence-corrected chi connectivity index (χ2v) is 19.8. The molecular weight excluding hydrogens is 835 g/mol. The topological polar surface area (TPSA) is 199 Å². The van der Waals surface area contributed by atoms with E-state index in [0.717, 1.165) is 12.0 Å². The summed E-state index contributed by atoms with van der Waals surface area (Å²) in [6, 6.07) is -1.13. The average Bonchev–Trinajstić information content (AvgIpc) is 3.28. The zero-order valence-corrected chi connectivity index (χ0v) is 40.7. The summed E-state index contributed by atoms with van der Waals surface area (Å²) in [6.07, 6.45) is 10.9.